The van der Waals surface area contributed by atoms with E-state index < -0.39 is 6.10 Å². The molecule has 4 heteroatoms. The largest absolute Gasteiger partial charge is 0.388 e. The standard InChI is InChI=1S/C20H28FNO2/c21-18-9-7-15(8-10-18)19(23)16-11-13-22(14-12-16)20(24)17-5-3-1-2-4-6-17/h7-10,16-17,19,23H,1-6,11-14H2. The summed E-state index contributed by atoms with van der Waals surface area (Å²) >= 11 is 0. The van der Waals surface area contributed by atoms with Crippen molar-refractivity contribution in [3.05, 3.63) is 35.6 Å². The van der Waals surface area contributed by atoms with Gasteiger partial charge < -0.3 is 10.0 Å². The zero-order valence-corrected chi connectivity index (χ0v) is 14.3. The fourth-order valence-corrected chi connectivity index (χ4v) is 4.15. The Labute approximate surface area is 143 Å². The molecule has 2 aliphatic rings. The van der Waals surface area contributed by atoms with E-state index in [1.54, 1.807) is 12.1 Å². The topological polar surface area (TPSA) is 40.5 Å². The zero-order chi connectivity index (χ0) is 16.9. The summed E-state index contributed by atoms with van der Waals surface area (Å²) in [6, 6.07) is 6.10. The van der Waals surface area contributed by atoms with Crippen molar-refractivity contribution in [2.24, 2.45) is 11.8 Å². The van der Waals surface area contributed by atoms with Gasteiger partial charge in [0.25, 0.3) is 0 Å². The third-order valence-corrected chi connectivity index (χ3v) is 5.71. The first-order valence-corrected chi connectivity index (χ1v) is 9.37. The lowest BCUT2D eigenvalue weighted by Crippen LogP contribution is -2.42. The lowest BCUT2D eigenvalue weighted by atomic mass is 9.86. The van der Waals surface area contributed by atoms with Crippen LogP contribution in [-0.4, -0.2) is 29.0 Å². The molecule has 1 heterocycles. The van der Waals surface area contributed by atoms with Crippen LogP contribution in [0.3, 0.4) is 0 Å². The lowest BCUT2D eigenvalue weighted by molar-refractivity contribution is -0.138. The van der Waals surface area contributed by atoms with Crippen molar-refractivity contribution in [2.45, 2.75) is 57.5 Å². The van der Waals surface area contributed by atoms with E-state index in [1.807, 2.05) is 4.90 Å². The number of hydrogen-bond donors (Lipinski definition) is 1. The maximum Gasteiger partial charge on any atom is 0.225 e. The van der Waals surface area contributed by atoms with Crippen LogP contribution >= 0.6 is 0 Å². The van der Waals surface area contributed by atoms with Crippen LogP contribution in [0.15, 0.2) is 24.3 Å². The van der Waals surface area contributed by atoms with E-state index >= 15 is 0 Å². The number of benzene rings is 1. The molecule has 1 aromatic carbocycles. The summed E-state index contributed by atoms with van der Waals surface area (Å²) in [5.41, 5.74) is 0.768. The lowest BCUT2D eigenvalue weighted by Gasteiger charge is -2.36. The summed E-state index contributed by atoms with van der Waals surface area (Å²) in [5, 5.41) is 10.5. The molecule has 2 fully saturated rings. The second kappa shape index (κ2) is 8.11. The molecule has 1 aromatic rings. The second-order valence-electron chi connectivity index (χ2n) is 7.35. The second-order valence-corrected chi connectivity index (χ2v) is 7.35. The Morgan fingerprint density at radius 2 is 1.58 bits per heavy atom. The maximum absolute atomic E-state index is 13.0. The number of aliphatic hydroxyl groups is 1. The fourth-order valence-electron chi connectivity index (χ4n) is 4.15. The van der Waals surface area contributed by atoms with Gasteiger partial charge in [-0.25, -0.2) is 4.39 Å². The molecular formula is C20H28FNO2. The summed E-state index contributed by atoms with van der Waals surface area (Å²) in [6.07, 6.45) is 8.01. The molecule has 1 unspecified atom stereocenters. The van der Waals surface area contributed by atoms with Crippen LogP contribution in [0.25, 0.3) is 0 Å². The zero-order valence-electron chi connectivity index (χ0n) is 14.3. The molecule has 1 saturated heterocycles. The van der Waals surface area contributed by atoms with Crippen molar-refractivity contribution in [1.29, 1.82) is 0 Å². The fraction of sp³-hybridized carbons (Fsp3) is 0.650. The number of hydrogen-bond acceptors (Lipinski definition) is 2. The quantitative estimate of drug-likeness (QED) is 0.847. The summed E-state index contributed by atoms with van der Waals surface area (Å²) < 4.78 is 13.0. The predicted molar refractivity (Wildman–Crippen MR) is 91.9 cm³/mol. The Morgan fingerprint density at radius 1 is 1.00 bits per heavy atom. The summed E-state index contributed by atoms with van der Waals surface area (Å²) in [7, 11) is 0. The van der Waals surface area contributed by atoms with E-state index in [2.05, 4.69) is 0 Å². The van der Waals surface area contributed by atoms with Gasteiger partial charge in [0.15, 0.2) is 0 Å². The van der Waals surface area contributed by atoms with Gasteiger partial charge >= 0.3 is 0 Å². The molecule has 0 aromatic heterocycles. The van der Waals surface area contributed by atoms with E-state index in [4.69, 9.17) is 0 Å². The molecule has 1 N–H and O–H groups in total. The normalized spacial score (nSPS) is 22.2. The van der Waals surface area contributed by atoms with Crippen LogP contribution in [0.1, 0.15) is 63.0 Å². The van der Waals surface area contributed by atoms with Gasteiger partial charge in [-0.2, -0.15) is 0 Å². The summed E-state index contributed by atoms with van der Waals surface area (Å²) in [5.74, 6) is 0.404. The summed E-state index contributed by atoms with van der Waals surface area (Å²) in [4.78, 5) is 14.7. The number of carbonyl (C=O) groups excluding carboxylic acids is 1. The predicted octanol–water partition coefficient (Wildman–Crippen LogP) is 4.07. The third-order valence-electron chi connectivity index (χ3n) is 5.71. The van der Waals surface area contributed by atoms with E-state index in [0.717, 1.165) is 44.3 Å². The number of likely N-dealkylation sites (tertiary alicyclic amines) is 1. The first-order valence-electron chi connectivity index (χ1n) is 9.37. The van der Waals surface area contributed by atoms with Crippen LogP contribution in [0, 0.1) is 17.7 Å². The highest BCUT2D eigenvalue weighted by molar-refractivity contribution is 5.78. The number of carbonyl (C=O) groups is 1. The van der Waals surface area contributed by atoms with Gasteiger partial charge in [-0.15, -0.1) is 0 Å². The van der Waals surface area contributed by atoms with Crippen molar-refractivity contribution in [3.8, 4) is 0 Å². The molecule has 3 rings (SSSR count). The number of aliphatic hydroxyl groups excluding tert-OH is 1. The highest BCUT2D eigenvalue weighted by Gasteiger charge is 2.31. The molecule has 1 aliphatic heterocycles. The molecule has 1 atom stereocenters. The monoisotopic (exact) mass is 333 g/mol. The molecule has 24 heavy (non-hydrogen) atoms. The Balaban J connectivity index is 1.53. The Bertz CT molecular complexity index is 529. The minimum absolute atomic E-state index is 0.147. The number of piperidine rings is 1. The van der Waals surface area contributed by atoms with E-state index in [0.29, 0.717) is 5.91 Å². The van der Waals surface area contributed by atoms with Crippen LogP contribution in [0.2, 0.25) is 0 Å². The van der Waals surface area contributed by atoms with Gasteiger partial charge in [0.2, 0.25) is 5.91 Å². The molecule has 0 bridgehead atoms. The van der Waals surface area contributed by atoms with E-state index in [-0.39, 0.29) is 17.7 Å². The first kappa shape index (κ1) is 17.4. The number of rotatable bonds is 3. The van der Waals surface area contributed by atoms with Crippen molar-refractivity contribution in [2.75, 3.05) is 13.1 Å². The number of amides is 1. The SMILES string of the molecule is O=C(C1CCCCCC1)N1CCC(C(O)c2ccc(F)cc2)CC1. The third kappa shape index (κ3) is 4.15. The van der Waals surface area contributed by atoms with Crippen LogP contribution in [-0.2, 0) is 4.79 Å². The molecular weight excluding hydrogens is 305 g/mol. The average Bonchev–Trinajstić information content (AvgIpc) is 2.91. The molecule has 3 nitrogen and oxygen atoms in total. The number of halogens is 1. The van der Waals surface area contributed by atoms with Gasteiger partial charge in [0.1, 0.15) is 5.82 Å². The van der Waals surface area contributed by atoms with E-state index in [1.165, 1.54) is 37.8 Å². The highest BCUT2D eigenvalue weighted by atomic mass is 19.1. The molecule has 132 valence electrons. The molecule has 0 spiro atoms. The highest BCUT2D eigenvalue weighted by Crippen LogP contribution is 2.32. The van der Waals surface area contributed by atoms with Crippen LogP contribution < -0.4 is 0 Å². The van der Waals surface area contributed by atoms with Crippen molar-refractivity contribution < 1.29 is 14.3 Å². The Kier molecular flexibility index (Phi) is 5.88. The van der Waals surface area contributed by atoms with Crippen molar-refractivity contribution in [1.82, 2.24) is 4.90 Å². The smallest absolute Gasteiger partial charge is 0.225 e. The maximum atomic E-state index is 13.0. The molecule has 1 aliphatic carbocycles. The van der Waals surface area contributed by atoms with Gasteiger partial charge in [-0.05, 0) is 49.3 Å². The molecule has 1 saturated carbocycles. The Hall–Kier alpha value is -1.42. The van der Waals surface area contributed by atoms with Gasteiger partial charge in [0.05, 0.1) is 6.10 Å². The van der Waals surface area contributed by atoms with Crippen molar-refractivity contribution in [3.63, 3.8) is 0 Å². The van der Waals surface area contributed by atoms with Gasteiger partial charge in [-0.3, -0.25) is 4.79 Å². The number of nitrogens with zero attached hydrogens (tertiary/aromatic N) is 1. The minimum Gasteiger partial charge on any atom is -0.388 e. The minimum atomic E-state index is -0.569. The first-order chi connectivity index (χ1) is 11.6. The summed E-state index contributed by atoms with van der Waals surface area (Å²) in [6.45, 7) is 1.47. The average molecular weight is 333 g/mol. The van der Waals surface area contributed by atoms with Gasteiger partial charge in [0, 0.05) is 19.0 Å². The van der Waals surface area contributed by atoms with Crippen LogP contribution in [0.4, 0.5) is 4.39 Å². The van der Waals surface area contributed by atoms with Crippen LogP contribution in [0.5, 0.6) is 0 Å². The molecule has 1 amide bonds. The van der Waals surface area contributed by atoms with E-state index in [9.17, 15) is 14.3 Å². The van der Waals surface area contributed by atoms with Crippen molar-refractivity contribution >= 4 is 5.91 Å². The Morgan fingerprint density at radius 3 is 2.17 bits per heavy atom. The molecule has 0 radical (unpaired) electrons. The van der Waals surface area contributed by atoms with Gasteiger partial charge in [-0.1, -0.05) is 37.8 Å².